The Morgan fingerprint density at radius 3 is 2.71 bits per heavy atom. The fourth-order valence-corrected chi connectivity index (χ4v) is 4.54. The first-order valence-corrected chi connectivity index (χ1v) is 9.41. The summed E-state index contributed by atoms with van der Waals surface area (Å²) in [5, 5.41) is 4.59. The minimum absolute atomic E-state index is 0.263. The third-order valence-electron chi connectivity index (χ3n) is 2.83. The molecule has 2 aromatic heterocycles. The van der Waals surface area contributed by atoms with Crippen LogP contribution in [-0.4, -0.2) is 13.4 Å². The number of aromatic nitrogens is 1. The van der Waals surface area contributed by atoms with Crippen LogP contribution >= 0.6 is 22.7 Å². The Morgan fingerprint density at radius 1 is 1.10 bits per heavy atom. The first-order chi connectivity index (χ1) is 10.1. The fourth-order valence-electron chi connectivity index (χ4n) is 1.85. The van der Waals surface area contributed by atoms with Crippen molar-refractivity contribution in [2.24, 2.45) is 0 Å². The van der Waals surface area contributed by atoms with Gasteiger partial charge in [-0.25, -0.2) is 18.1 Å². The van der Waals surface area contributed by atoms with E-state index in [1.165, 1.54) is 11.3 Å². The second-order valence-electron chi connectivity index (χ2n) is 4.29. The topological polar surface area (TPSA) is 59.1 Å². The second-order valence-corrected chi connectivity index (χ2v) is 8.13. The highest BCUT2D eigenvalue weighted by atomic mass is 32.2. The molecule has 3 rings (SSSR count). The average molecular weight is 336 g/mol. The van der Waals surface area contributed by atoms with Gasteiger partial charge in [-0.1, -0.05) is 24.3 Å². The number of thiophene rings is 1. The second kappa shape index (κ2) is 6.07. The van der Waals surface area contributed by atoms with Gasteiger partial charge in [0.05, 0.1) is 0 Å². The van der Waals surface area contributed by atoms with Crippen molar-refractivity contribution >= 4 is 32.7 Å². The van der Waals surface area contributed by atoms with Crippen LogP contribution in [0.25, 0.3) is 10.6 Å². The van der Waals surface area contributed by atoms with E-state index in [4.69, 9.17) is 0 Å². The zero-order valence-electron chi connectivity index (χ0n) is 10.9. The zero-order chi connectivity index (χ0) is 14.7. The average Bonchev–Trinajstić information content (AvgIpc) is 3.18. The van der Waals surface area contributed by atoms with Crippen LogP contribution in [0.1, 0.15) is 5.56 Å². The summed E-state index contributed by atoms with van der Waals surface area (Å²) in [6.45, 7) is 0.263. The van der Waals surface area contributed by atoms with E-state index in [0.717, 1.165) is 16.1 Å². The van der Waals surface area contributed by atoms with Gasteiger partial charge in [-0.2, -0.15) is 0 Å². The molecule has 4 nitrogen and oxygen atoms in total. The summed E-state index contributed by atoms with van der Waals surface area (Å²) in [7, 11) is -3.43. The number of sulfonamides is 1. The molecule has 7 heteroatoms. The standard InChI is InChI=1S/C14H12N2O2S3/c17-21(18,13-5-2-7-19-13)16-10-11-3-1-4-12(9-11)14-15-6-8-20-14/h1-9,16H,10H2. The monoisotopic (exact) mass is 336 g/mol. The highest BCUT2D eigenvalue weighted by Gasteiger charge is 2.14. The molecule has 0 spiro atoms. The molecule has 0 fully saturated rings. The summed E-state index contributed by atoms with van der Waals surface area (Å²) in [6.07, 6.45) is 1.76. The maximum absolute atomic E-state index is 12.1. The molecule has 0 saturated heterocycles. The Balaban J connectivity index is 1.76. The summed E-state index contributed by atoms with van der Waals surface area (Å²) in [5.41, 5.74) is 1.90. The van der Waals surface area contributed by atoms with E-state index in [-0.39, 0.29) is 6.54 Å². The van der Waals surface area contributed by atoms with Crippen LogP contribution in [0.5, 0.6) is 0 Å². The van der Waals surface area contributed by atoms with Crippen LogP contribution in [0, 0.1) is 0 Å². The molecule has 0 saturated carbocycles. The first-order valence-electron chi connectivity index (χ1n) is 6.17. The van der Waals surface area contributed by atoms with E-state index < -0.39 is 10.0 Å². The lowest BCUT2D eigenvalue weighted by Crippen LogP contribution is -2.22. The van der Waals surface area contributed by atoms with Crippen molar-refractivity contribution in [3.05, 3.63) is 58.9 Å². The van der Waals surface area contributed by atoms with Crippen molar-refractivity contribution in [2.75, 3.05) is 0 Å². The quantitative estimate of drug-likeness (QED) is 0.777. The molecule has 0 aliphatic carbocycles. The Labute approximate surface area is 131 Å². The third kappa shape index (κ3) is 3.38. The smallest absolute Gasteiger partial charge is 0.245 e. The van der Waals surface area contributed by atoms with E-state index >= 15 is 0 Å². The summed E-state index contributed by atoms with van der Waals surface area (Å²) in [5.74, 6) is 0. The van der Waals surface area contributed by atoms with Gasteiger partial charge < -0.3 is 0 Å². The van der Waals surface area contributed by atoms with Crippen LogP contribution in [0.4, 0.5) is 0 Å². The Morgan fingerprint density at radius 2 is 2.00 bits per heavy atom. The molecule has 0 bridgehead atoms. The predicted octanol–water partition coefficient (Wildman–Crippen LogP) is 3.35. The summed E-state index contributed by atoms with van der Waals surface area (Å²) >= 11 is 2.77. The predicted molar refractivity (Wildman–Crippen MR) is 85.9 cm³/mol. The lowest BCUT2D eigenvalue weighted by Gasteiger charge is -2.06. The van der Waals surface area contributed by atoms with Crippen LogP contribution in [-0.2, 0) is 16.6 Å². The molecule has 1 aromatic carbocycles. The van der Waals surface area contributed by atoms with Crippen LogP contribution in [0.15, 0.2) is 57.6 Å². The highest BCUT2D eigenvalue weighted by molar-refractivity contribution is 7.91. The molecule has 0 aliphatic rings. The largest absolute Gasteiger partial charge is 0.250 e. The molecule has 0 atom stereocenters. The zero-order valence-corrected chi connectivity index (χ0v) is 13.3. The minimum Gasteiger partial charge on any atom is -0.245 e. The molecule has 0 amide bonds. The van der Waals surface area contributed by atoms with Gasteiger partial charge in [-0.3, -0.25) is 0 Å². The molecular formula is C14H12N2O2S3. The van der Waals surface area contributed by atoms with E-state index in [1.54, 1.807) is 35.0 Å². The van der Waals surface area contributed by atoms with Gasteiger partial charge in [-0.15, -0.1) is 22.7 Å². The number of rotatable bonds is 5. The minimum atomic E-state index is -3.43. The fraction of sp³-hybridized carbons (Fsp3) is 0.0714. The lowest BCUT2D eigenvalue weighted by molar-refractivity contribution is 0.583. The molecule has 108 valence electrons. The molecule has 2 heterocycles. The van der Waals surface area contributed by atoms with Crippen LogP contribution in [0.3, 0.4) is 0 Å². The Bertz CT molecular complexity index is 810. The molecule has 0 aliphatic heterocycles. The van der Waals surface area contributed by atoms with Crippen molar-refractivity contribution < 1.29 is 8.42 Å². The van der Waals surface area contributed by atoms with Crippen molar-refractivity contribution in [2.45, 2.75) is 10.8 Å². The number of nitrogens with one attached hydrogen (secondary N) is 1. The van der Waals surface area contributed by atoms with Gasteiger partial charge in [0.25, 0.3) is 0 Å². The van der Waals surface area contributed by atoms with E-state index in [2.05, 4.69) is 9.71 Å². The number of benzene rings is 1. The van der Waals surface area contributed by atoms with Crippen molar-refractivity contribution in [3.8, 4) is 10.6 Å². The van der Waals surface area contributed by atoms with E-state index in [0.29, 0.717) is 4.21 Å². The summed E-state index contributed by atoms with van der Waals surface area (Å²) in [6, 6.07) is 11.0. The van der Waals surface area contributed by atoms with E-state index in [9.17, 15) is 8.42 Å². The third-order valence-corrected chi connectivity index (χ3v) is 6.45. The van der Waals surface area contributed by atoms with E-state index in [1.807, 2.05) is 29.6 Å². The van der Waals surface area contributed by atoms with Gasteiger partial charge in [0.15, 0.2) is 0 Å². The molecule has 3 aromatic rings. The molecular weight excluding hydrogens is 324 g/mol. The van der Waals surface area contributed by atoms with Crippen LogP contribution < -0.4 is 4.72 Å². The van der Waals surface area contributed by atoms with Crippen molar-refractivity contribution in [1.82, 2.24) is 9.71 Å². The maximum Gasteiger partial charge on any atom is 0.250 e. The Kier molecular flexibility index (Phi) is 4.16. The molecule has 21 heavy (non-hydrogen) atoms. The number of thiazole rings is 1. The van der Waals surface area contributed by atoms with Gasteiger partial charge in [0.2, 0.25) is 10.0 Å². The molecule has 1 N–H and O–H groups in total. The lowest BCUT2D eigenvalue weighted by atomic mass is 10.1. The van der Waals surface area contributed by atoms with Gasteiger partial charge >= 0.3 is 0 Å². The summed E-state index contributed by atoms with van der Waals surface area (Å²) < 4.78 is 27.1. The normalized spacial score (nSPS) is 11.6. The number of nitrogens with zero attached hydrogens (tertiary/aromatic N) is 1. The number of hydrogen-bond donors (Lipinski definition) is 1. The van der Waals surface area contributed by atoms with Gasteiger partial charge in [-0.05, 0) is 23.1 Å². The molecule has 0 unspecified atom stereocenters. The van der Waals surface area contributed by atoms with Gasteiger partial charge in [0, 0.05) is 23.7 Å². The highest BCUT2D eigenvalue weighted by Crippen LogP contribution is 2.23. The summed E-state index contributed by atoms with van der Waals surface area (Å²) in [4.78, 5) is 4.26. The molecule has 0 radical (unpaired) electrons. The van der Waals surface area contributed by atoms with Crippen molar-refractivity contribution in [1.29, 1.82) is 0 Å². The first kappa shape index (κ1) is 14.4. The SMILES string of the molecule is O=S(=O)(NCc1cccc(-c2nccs2)c1)c1cccs1. The Hall–Kier alpha value is -1.54. The number of hydrogen-bond acceptors (Lipinski definition) is 5. The van der Waals surface area contributed by atoms with Gasteiger partial charge in [0.1, 0.15) is 9.22 Å². The maximum atomic E-state index is 12.1. The van der Waals surface area contributed by atoms with Crippen molar-refractivity contribution in [3.63, 3.8) is 0 Å². The van der Waals surface area contributed by atoms with Crippen LogP contribution in [0.2, 0.25) is 0 Å².